The monoisotopic (exact) mass is 405 g/mol. The highest BCUT2D eigenvalue weighted by Gasteiger charge is 2.41. The Balaban J connectivity index is 1.58. The van der Waals surface area contributed by atoms with E-state index in [2.05, 4.69) is 4.90 Å². The maximum Gasteiger partial charge on any atom is 0.556 e. The molecule has 1 aliphatic rings. The van der Waals surface area contributed by atoms with Crippen molar-refractivity contribution in [2.75, 3.05) is 18.0 Å². The number of hydrogen-bond acceptors (Lipinski definition) is 3. The number of carbonyl (C=O) groups is 2. The van der Waals surface area contributed by atoms with Crippen molar-refractivity contribution in [1.82, 2.24) is 0 Å². The second-order valence-corrected chi connectivity index (χ2v) is 7.70. The summed E-state index contributed by atoms with van der Waals surface area (Å²) in [5, 5.41) is 1.68. The van der Waals surface area contributed by atoms with Crippen molar-refractivity contribution in [2.45, 2.75) is 25.1 Å². The van der Waals surface area contributed by atoms with Crippen LogP contribution in [0.2, 0.25) is 5.82 Å². The predicted octanol–water partition coefficient (Wildman–Crippen LogP) is 5.69. The van der Waals surface area contributed by atoms with E-state index in [1.54, 1.807) is 36.4 Å². The van der Waals surface area contributed by atoms with Gasteiger partial charge in [0.15, 0.2) is 11.6 Å². The van der Waals surface area contributed by atoms with Crippen LogP contribution >= 0.6 is 0 Å². The third kappa shape index (κ3) is 4.13. The number of nitrogens with zero attached hydrogens (tertiary/aromatic N) is 1. The Morgan fingerprint density at radius 2 is 1.37 bits per heavy atom. The summed E-state index contributed by atoms with van der Waals surface area (Å²) in [6.07, 6.45) is 3.45. The van der Waals surface area contributed by atoms with Gasteiger partial charge in [0.2, 0.25) is 0 Å². The second kappa shape index (κ2) is 8.78. The molecule has 0 bridgehead atoms. The third-order valence-corrected chi connectivity index (χ3v) is 5.72. The molecule has 1 heterocycles. The number of Topliss-reactive ketones (excluding diaryl/α,β-unsaturated/α-hetero) is 2. The van der Waals surface area contributed by atoms with Crippen LogP contribution in [0.5, 0.6) is 0 Å². The molecular formula is C24H22BF2NO2. The summed E-state index contributed by atoms with van der Waals surface area (Å²) in [4.78, 5) is 27.9. The highest BCUT2D eigenvalue weighted by atomic mass is 19.2. The Labute approximate surface area is 174 Å². The molecular weight excluding hydrogens is 383 g/mol. The molecule has 0 aliphatic carbocycles. The van der Waals surface area contributed by atoms with Crippen LogP contribution in [0.1, 0.15) is 40.0 Å². The highest BCUT2D eigenvalue weighted by molar-refractivity contribution is 6.59. The molecule has 0 amide bonds. The molecule has 152 valence electrons. The van der Waals surface area contributed by atoms with Crippen molar-refractivity contribution in [3.8, 4) is 0 Å². The van der Waals surface area contributed by atoms with Gasteiger partial charge in [0, 0.05) is 29.9 Å². The van der Waals surface area contributed by atoms with Gasteiger partial charge in [-0.2, -0.15) is 0 Å². The molecule has 0 saturated carbocycles. The Hall–Kier alpha value is -3.02. The zero-order chi connectivity index (χ0) is 21.1. The molecule has 0 radical (unpaired) electrons. The van der Waals surface area contributed by atoms with E-state index in [0.717, 1.165) is 42.4 Å². The van der Waals surface area contributed by atoms with E-state index < -0.39 is 24.7 Å². The van der Waals surface area contributed by atoms with Crippen LogP contribution in [0.25, 0.3) is 10.8 Å². The standard InChI is InChI=1S/C24H22BF2NO2/c26-25(27)22(24(30)20-9-8-17-6-2-3-7-19(17)16-20)23(29)18-10-12-21(13-11-18)28-14-4-1-5-15-28/h2-3,6-13,16,22H,1,4-5,14-15H2. The van der Waals surface area contributed by atoms with Crippen molar-refractivity contribution in [1.29, 1.82) is 0 Å². The van der Waals surface area contributed by atoms with E-state index in [-0.39, 0.29) is 11.1 Å². The van der Waals surface area contributed by atoms with E-state index in [9.17, 15) is 18.2 Å². The fourth-order valence-electron chi connectivity index (χ4n) is 4.04. The van der Waals surface area contributed by atoms with Crippen LogP contribution in [-0.4, -0.2) is 31.9 Å². The quantitative estimate of drug-likeness (QED) is 0.300. The first kappa shape index (κ1) is 20.3. The van der Waals surface area contributed by atoms with Gasteiger partial charge >= 0.3 is 7.27 Å². The lowest BCUT2D eigenvalue weighted by Crippen LogP contribution is -2.30. The first-order valence-electron chi connectivity index (χ1n) is 10.2. The molecule has 3 nitrogen and oxygen atoms in total. The van der Waals surface area contributed by atoms with Crippen LogP contribution in [-0.2, 0) is 0 Å². The fourth-order valence-corrected chi connectivity index (χ4v) is 4.04. The Morgan fingerprint density at radius 3 is 2.03 bits per heavy atom. The number of ketones is 2. The molecule has 1 fully saturated rings. The molecule has 1 saturated heterocycles. The molecule has 1 aliphatic heterocycles. The molecule has 1 atom stereocenters. The summed E-state index contributed by atoms with van der Waals surface area (Å²) >= 11 is 0. The van der Waals surface area contributed by atoms with Crippen molar-refractivity contribution >= 4 is 35.3 Å². The third-order valence-electron chi connectivity index (χ3n) is 5.72. The first-order chi connectivity index (χ1) is 14.5. The maximum absolute atomic E-state index is 13.8. The van der Waals surface area contributed by atoms with E-state index in [1.807, 2.05) is 24.3 Å². The van der Waals surface area contributed by atoms with Gasteiger partial charge in [-0.3, -0.25) is 18.2 Å². The molecule has 0 N–H and O–H groups in total. The molecule has 0 spiro atoms. The van der Waals surface area contributed by atoms with Crippen LogP contribution in [0, 0.1) is 0 Å². The van der Waals surface area contributed by atoms with Crippen LogP contribution in [0.15, 0.2) is 66.7 Å². The van der Waals surface area contributed by atoms with E-state index in [1.165, 1.54) is 12.5 Å². The fraction of sp³-hybridized carbons (Fsp3) is 0.250. The summed E-state index contributed by atoms with van der Waals surface area (Å²) in [5.41, 5.74) is 1.23. The summed E-state index contributed by atoms with van der Waals surface area (Å²) in [6, 6.07) is 18.8. The van der Waals surface area contributed by atoms with Gasteiger partial charge in [-0.1, -0.05) is 36.4 Å². The smallest absolute Gasteiger partial charge is 0.372 e. The number of carbonyl (C=O) groups excluding carboxylic acids is 2. The van der Waals surface area contributed by atoms with E-state index in [0.29, 0.717) is 0 Å². The molecule has 0 aromatic heterocycles. The number of hydrogen-bond donors (Lipinski definition) is 0. The highest BCUT2D eigenvalue weighted by Crippen LogP contribution is 2.28. The van der Waals surface area contributed by atoms with Gasteiger partial charge in [-0.05, 0) is 60.4 Å². The van der Waals surface area contributed by atoms with Gasteiger partial charge in [0.05, 0.1) is 0 Å². The first-order valence-corrected chi connectivity index (χ1v) is 10.2. The van der Waals surface area contributed by atoms with E-state index in [4.69, 9.17) is 0 Å². The van der Waals surface area contributed by atoms with Gasteiger partial charge < -0.3 is 4.90 Å². The van der Waals surface area contributed by atoms with Crippen LogP contribution < -0.4 is 4.90 Å². The number of benzene rings is 3. The Bertz CT molecular complexity index is 1060. The predicted molar refractivity (Wildman–Crippen MR) is 117 cm³/mol. The van der Waals surface area contributed by atoms with Gasteiger partial charge in [-0.15, -0.1) is 0 Å². The molecule has 3 aromatic carbocycles. The number of fused-ring (bicyclic) bond motifs is 1. The zero-order valence-corrected chi connectivity index (χ0v) is 16.6. The lowest BCUT2D eigenvalue weighted by atomic mass is 9.69. The minimum Gasteiger partial charge on any atom is -0.372 e. The Kier molecular flexibility index (Phi) is 5.93. The normalized spacial score (nSPS) is 15.1. The number of anilines is 1. The lowest BCUT2D eigenvalue weighted by Gasteiger charge is -2.28. The van der Waals surface area contributed by atoms with E-state index >= 15 is 0 Å². The minimum atomic E-state index is -3.07. The minimum absolute atomic E-state index is 0.122. The molecule has 6 heteroatoms. The zero-order valence-electron chi connectivity index (χ0n) is 16.6. The summed E-state index contributed by atoms with van der Waals surface area (Å²) in [5.74, 6) is -3.69. The average Bonchev–Trinajstić information content (AvgIpc) is 2.79. The van der Waals surface area contributed by atoms with Crippen LogP contribution in [0.3, 0.4) is 0 Å². The van der Waals surface area contributed by atoms with Crippen molar-refractivity contribution in [3.05, 3.63) is 77.9 Å². The summed E-state index contributed by atoms with van der Waals surface area (Å²) in [7, 11) is -3.07. The number of halogens is 2. The topological polar surface area (TPSA) is 37.4 Å². The number of piperidine rings is 1. The van der Waals surface area contributed by atoms with Crippen molar-refractivity contribution < 1.29 is 18.2 Å². The van der Waals surface area contributed by atoms with Gasteiger partial charge in [0.25, 0.3) is 0 Å². The van der Waals surface area contributed by atoms with Crippen LogP contribution in [0.4, 0.5) is 14.3 Å². The van der Waals surface area contributed by atoms with Crippen molar-refractivity contribution in [3.63, 3.8) is 0 Å². The summed E-state index contributed by atoms with van der Waals surface area (Å²) in [6.45, 7) is 1.90. The molecule has 4 rings (SSSR count). The maximum atomic E-state index is 13.8. The second-order valence-electron chi connectivity index (χ2n) is 7.70. The SMILES string of the molecule is O=C(c1ccc(N2CCCCC2)cc1)C(B(F)F)C(=O)c1ccc2ccccc2c1. The number of rotatable bonds is 6. The van der Waals surface area contributed by atoms with Crippen molar-refractivity contribution in [2.24, 2.45) is 0 Å². The van der Waals surface area contributed by atoms with Gasteiger partial charge in [-0.25, -0.2) is 0 Å². The average molecular weight is 405 g/mol. The Morgan fingerprint density at radius 1 is 0.767 bits per heavy atom. The molecule has 30 heavy (non-hydrogen) atoms. The largest absolute Gasteiger partial charge is 0.556 e. The summed E-state index contributed by atoms with van der Waals surface area (Å²) < 4.78 is 27.6. The molecule has 3 aromatic rings. The lowest BCUT2D eigenvalue weighted by molar-refractivity contribution is 0.0885. The molecule has 1 unspecified atom stereocenters. The van der Waals surface area contributed by atoms with Gasteiger partial charge in [0.1, 0.15) is 5.82 Å².